The summed E-state index contributed by atoms with van der Waals surface area (Å²) in [5.41, 5.74) is 6.23. The highest BCUT2D eigenvalue weighted by atomic mass is 16.6. The Bertz CT molecular complexity index is 1180. The first kappa shape index (κ1) is 19.4. The number of fused-ring (bicyclic) bond motifs is 3. The van der Waals surface area contributed by atoms with Crippen LogP contribution < -0.4 is 10.2 Å². The van der Waals surface area contributed by atoms with Crippen LogP contribution in [0.4, 0.5) is 5.69 Å². The summed E-state index contributed by atoms with van der Waals surface area (Å²) in [7, 11) is 1.29. The third kappa shape index (κ3) is 3.57. The fourth-order valence-electron chi connectivity index (χ4n) is 3.76. The zero-order valence-corrected chi connectivity index (χ0v) is 16.3. The number of nitro groups is 1. The monoisotopic (exact) mass is 408 g/mol. The first-order chi connectivity index (χ1) is 14.5. The van der Waals surface area contributed by atoms with Crippen molar-refractivity contribution in [3.05, 3.63) is 62.8 Å². The van der Waals surface area contributed by atoms with Gasteiger partial charge in [0.25, 0.3) is 5.91 Å². The van der Waals surface area contributed by atoms with Crippen LogP contribution in [0.5, 0.6) is 11.5 Å². The Morgan fingerprint density at radius 3 is 2.87 bits per heavy atom. The van der Waals surface area contributed by atoms with Crippen molar-refractivity contribution < 1.29 is 19.6 Å². The molecule has 0 saturated carbocycles. The minimum atomic E-state index is -0.722. The minimum Gasteiger partial charge on any atom is -0.500 e. The number of ether oxygens (including phenoxy) is 1. The number of hydrazone groups is 1. The fraction of sp³-hybridized carbons (Fsp3) is 0.238. The number of nitrogens with one attached hydrogen (secondary N) is 2. The molecule has 0 saturated heterocycles. The van der Waals surface area contributed by atoms with Crippen molar-refractivity contribution in [2.24, 2.45) is 5.10 Å². The lowest BCUT2D eigenvalue weighted by Crippen LogP contribution is -2.17. The molecule has 0 radical (unpaired) electrons. The number of benzene rings is 2. The number of nitrogens with zero attached hydrogens (tertiary/aromatic N) is 2. The lowest BCUT2D eigenvalue weighted by molar-refractivity contribution is -0.386. The molecule has 1 heterocycles. The molecular formula is C21H20N4O5. The van der Waals surface area contributed by atoms with E-state index in [9.17, 15) is 20.0 Å². The normalized spacial score (nSPS) is 13.4. The van der Waals surface area contributed by atoms with Crippen molar-refractivity contribution in [3.63, 3.8) is 0 Å². The molecule has 0 aliphatic heterocycles. The van der Waals surface area contributed by atoms with Gasteiger partial charge in [-0.25, -0.2) is 5.43 Å². The number of phenols is 1. The number of phenolic OH excluding ortho intramolecular Hbond substituents is 1. The molecule has 4 rings (SSSR count). The second-order valence-electron chi connectivity index (χ2n) is 7.10. The van der Waals surface area contributed by atoms with E-state index in [0.29, 0.717) is 11.1 Å². The molecule has 1 aromatic heterocycles. The van der Waals surface area contributed by atoms with E-state index >= 15 is 0 Å². The second-order valence-corrected chi connectivity index (χ2v) is 7.10. The van der Waals surface area contributed by atoms with E-state index < -0.39 is 16.4 Å². The summed E-state index contributed by atoms with van der Waals surface area (Å²) in [6.45, 7) is 0. The van der Waals surface area contributed by atoms with Gasteiger partial charge in [0.05, 0.1) is 18.2 Å². The van der Waals surface area contributed by atoms with E-state index in [1.165, 1.54) is 37.1 Å². The summed E-state index contributed by atoms with van der Waals surface area (Å²) in [6, 6.07) is 8.00. The summed E-state index contributed by atoms with van der Waals surface area (Å²) >= 11 is 0. The molecule has 2 aromatic carbocycles. The summed E-state index contributed by atoms with van der Waals surface area (Å²) in [5.74, 6) is -1.01. The molecule has 3 N–H and O–H groups in total. The van der Waals surface area contributed by atoms with Gasteiger partial charge in [-0.15, -0.1) is 0 Å². The van der Waals surface area contributed by atoms with Crippen LogP contribution in [-0.4, -0.2) is 34.2 Å². The highest BCUT2D eigenvalue weighted by Crippen LogP contribution is 2.36. The predicted octanol–water partition coefficient (Wildman–Crippen LogP) is 3.43. The maximum atomic E-state index is 12.5. The summed E-state index contributed by atoms with van der Waals surface area (Å²) in [5, 5.41) is 25.8. The van der Waals surface area contributed by atoms with Gasteiger partial charge in [0.2, 0.25) is 5.75 Å². The Morgan fingerprint density at radius 2 is 2.10 bits per heavy atom. The number of methoxy groups -OCH3 is 1. The number of aromatic amines is 1. The molecule has 1 aliphatic carbocycles. The second kappa shape index (κ2) is 7.86. The van der Waals surface area contributed by atoms with Gasteiger partial charge in [-0.3, -0.25) is 14.9 Å². The average molecular weight is 408 g/mol. The number of amides is 1. The number of nitro benzene ring substituents is 1. The van der Waals surface area contributed by atoms with Crippen LogP contribution in [0.15, 0.2) is 35.4 Å². The van der Waals surface area contributed by atoms with Crippen LogP contribution >= 0.6 is 0 Å². The van der Waals surface area contributed by atoms with Crippen LogP contribution in [0.3, 0.4) is 0 Å². The molecule has 154 valence electrons. The first-order valence-electron chi connectivity index (χ1n) is 9.50. The number of carbonyl (C=O) groups excluding carboxylic acids is 1. The van der Waals surface area contributed by atoms with E-state index in [2.05, 4.69) is 15.5 Å². The van der Waals surface area contributed by atoms with Crippen LogP contribution in [0.25, 0.3) is 10.9 Å². The molecular weight excluding hydrogens is 388 g/mol. The summed E-state index contributed by atoms with van der Waals surface area (Å²) in [6.07, 6.45) is 5.59. The minimum absolute atomic E-state index is 0.0559. The Labute approximate surface area is 171 Å². The molecule has 9 nitrogen and oxygen atoms in total. The van der Waals surface area contributed by atoms with Gasteiger partial charge in [-0.05, 0) is 55.5 Å². The van der Waals surface area contributed by atoms with Gasteiger partial charge in [0.1, 0.15) is 0 Å². The van der Waals surface area contributed by atoms with Crippen LogP contribution in [0.1, 0.15) is 40.0 Å². The number of aromatic hydroxyl groups is 1. The highest BCUT2D eigenvalue weighted by molar-refractivity contribution is 5.99. The Hall–Kier alpha value is -3.88. The molecule has 0 unspecified atom stereocenters. The molecule has 30 heavy (non-hydrogen) atoms. The highest BCUT2D eigenvalue weighted by Gasteiger charge is 2.19. The number of hydrogen-bond acceptors (Lipinski definition) is 6. The van der Waals surface area contributed by atoms with E-state index in [1.54, 1.807) is 6.07 Å². The van der Waals surface area contributed by atoms with Crippen molar-refractivity contribution in [1.82, 2.24) is 10.4 Å². The number of H-pyrrole nitrogens is 1. The van der Waals surface area contributed by atoms with E-state index in [1.807, 2.05) is 12.1 Å². The molecule has 0 atom stereocenters. The lowest BCUT2D eigenvalue weighted by atomic mass is 9.95. The van der Waals surface area contributed by atoms with E-state index in [-0.39, 0.29) is 11.7 Å². The van der Waals surface area contributed by atoms with Gasteiger partial charge < -0.3 is 14.8 Å². The third-order valence-corrected chi connectivity index (χ3v) is 5.23. The molecule has 0 bridgehead atoms. The number of aryl methyl sites for hydroxylation is 2. The largest absolute Gasteiger partial charge is 0.500 e. The van der Waals surface area contributed by atoms with Gasteiger partial charge >= 0.3 is 5.69 Å². The third-order valence-electron chi connectivity index (χ3n) is 5.23. The van der Waals surface area contributed by atoms with Crippen LogP contribution in [0, 0.1) is 10.1 Å². The maximum Gasteiger partial charge on any atom is 0.315 e. The first-order valence-corrected chi connectivity index (χ1v) is 9.50. The zero-order valence-electron chi connectivity index (χ0n) is 16.3. The van der Waals surface area contributed by atoms with Gasteiger partial charge in [0, 0.05) is 33.8 Å². The topological polar surface area (TPSA) is 130 Å². The van der Waals surface area contributed by atoms with Gasteiger partial charge in [0.15, 0.2) is 5.75 Å². The maximum absolute atomic E-state index is 12.5. The van der Waals surface area contributed by atoms with Crippen LogP contribution in [0.2, 0.25) is 0 Å². The average Bonchev–Trinajstić information content (AvgIpc) is 3.12. The van der Waals surface area contributed by atoms with Gasteiger partial charge in [-0.1, -0.05) is 0 Å². The molecule has 3 aromatic rings. The van der Waals surface area contributed by atoms with Gasteiger partial charge in [-0.2, -0.15) is 5.10 Å². The standard InChI is InChI=1S/C21H20N4O5/c1-30-19-9-12(8-18(20(19)26)25(28)29)11-22-24-21(27)13-6-7-17-15(10-13)14-4-2-3-5-16(14)23-17/h6-11,23,26H,2-5H2,1H3,(H,24,27)/b22-11+. The van der Waals surface area contributed by atoms with E-state index in [4.69, 9.17) is 4.74 Å². The number of rotatable bonds is 5. The van der Waals surface area contributed by atoms with Crippen molar-refractivity contribution >= 4 is 28.7 Å². The molecule has 0 spiro atoms. The van der Waals surface area contributed by atoms with Crippen molar-refractivity contribution in [2.75, 3.05) is 7.11 Å². The Morgan fingerprint density at radius 1 is 1.30 bits per heavy atom. The SMILES string of the molecule is COc1cc(/C=N/NC(=O)c2ccc3[nH]c4c(c3c2)CCCC4)cc([N+](=O)[O-])c1O. The Kier molecular flexibility index (Phi) is 5.09. The molecule has 0 fully saturated rings. The van der Waals surface area contributed by atoms with E-state index in [0.717, 1.165) is 36.2 Å². The van der Waals surface area contributed by atoms with Crippen molar-refractivity contribution in [1.29, 1.82) is 0 Å². The zero-order chi connectivity index (χ0) is 21.3. The predicted molar refractivity (Wildman–Crippen MR) is 111 cm³/mol. The number of aromatic nitrogens is 1. The fourth-order valence-corrected chi connectivity index (χ4v) is 3.76. The lowest BCUT2D eigenvalue weighted by Gasteiger charge is -2.10. The summed E-state index contributed by atoms with van der Waals surface area (Å²) < 4.78 is 4.95. The number of carbonyl (C=O) groups is 1. The molecule has 1 aliphatic rings. The van der Waals surface area contributed by atoms with Crippen LogP contribution in [-0.2, 0) is 12.8 Å². The van der Waals surface area contributed by atoms with Crippen molar-refractivity contribution in [2.45, 2.75) is 25.7 Å². The number of hydrogen-bond donors (Lipinski definition) is 3. The quantitative estimate of drug-likeness (QED) is 0.338. The molecule has 1 amide bonds. The van der Waals surface area contributed by atoms with Crippen molar-refractivity contribution in [3.8, 4) is 11.5 Å². The smallest absolute Gasteiger partial charge is 0.315 e. The summed E-state index contributed by atoms with van der Waals surface area (Å²) in [4.78, 5) is 26.3. The molecule has 9 heteroatoms. The Balaban J connectivity index is 1.54.